The number of benzene rings is 1. The Hall–Kier alpha value is -0.830. The van der Waals surface area contributed by atoms with Crippen molar-refractivity contribution in [3.8, 4) is 0 Å². The number of carbonyl (C=O) groups excluding carboxylic acids is 1. The van der Waals surface area contributed by atoms with Crippen molar-refractivity contribution in [3.05, 3.63) is 35.4 Å². The average molecular weight is 257 g/mol. The molecule has 0 saturated heterocycles. The fourth-order valence-corrected chi connectivity index (χ4v) is 1.89. The number of ether oxygens (including phenoxy) is 1. The highest BCUT2D eigenvalue weighted by atomic mass is 79.9. The van der Waals surface area contributed by atoms with Crippen LogP contribution in [-0.4, -0.2) is 13.1 Å². The van der Waals surface area contributed by atoms with Gasteiger partial charge in [-0.15, -0.1) is 0 Å². The third-order valence-corrected chi connectivity index (χ3v) is 2.82. The van der Waals surface area contributed by atoms with E-state index in [1.165, 1.54) is 7.11 Å². The second-order valence-electron chi connectivity index (χ2n) is 3.08. The molecule has 0 aliphatic heterocycles. The lowest BCUT2D eigenvalue weighted by atomic mass is 9.97. The molecule has 0 fully saturated rings. The number of halogens is 1. The number of methoxy groups -OCH3 is 1. The maximum atomic E-state index is 11.3. The van der Waals surface area contributed by atoms with Gasteiger partial charge in [0.25, 0.3) is 0 Å². The quantitative estimate of drug-likeness (QED) is 0.614. The summed E-state index contributed by atoms with van der Waals surface area (Å²) in [5.41, 5.74) is 2.15. The van der Waals surface area contributed by atoms with Crippen LogP contribution in [0.2, 0.25) is 0 Å². The number of hydrogen-bond donors (Lipinski definition) is 0. The molecule has 0 bridgehead atoms. The molecule has 0 amide bonds. The first-order valence-corrected chi connectivity index (χ1v) is 5.54. The van der Waals surface area contributed by atoms with Gasteiger partial charge in [-0.05, 0) is 18.1 Å². The van der Waals surface area contributed by atoms with Crippen LogP contribution in [0.5, 0.6) is 0 Å². The Morgan fingerprint density at radius 2 is 2.14 bits per heavy atom. The summed E-state index contributed by atoms with van der Waals surface area (Å²) in [6, 6.07) is 7.85. The fourth-order valence-electron chi connectivity index (χ4n) is 1.38. The van der Waals surface area contributed by atoms with Gasteiger partial charge in [-0.3, -0.25) is 4.79 Å². The summed E-state index contributed by atoms with van der Waals surface area (Å²) in [4.78, 5) is 11.3. The van der Waals surface area contributed by atoms with Crippen molar-refractivity contribution in [2.45, 2.75) is 18.2 Å². The third-order valence-electron chi connectivity index (χ3n) is 2.22. The molecule has 2 nitrogen and oxygen atoms in total. The molecule has 1 aromatic rings. The fraction of sp³-hybridized carbons (Fsp3) is 0.364. The van der Waals surface area contributed by atoms with E-state index < -0.39 is 0 Å². The van der Waals surface area contributed by atoms with E-state index in [-0.39, 0.29) is 11.9 Å². The zero-order chi connectivity index (χ0) is 10.6. The van der Waals surface area contributed by atoms with Crippen LogP contribution >= 0.6 is 15.9 Å². The molecule has 1 unspecified atom stereocenters. The van der Waals surface area contributed by atoms with Crippen molar-refractivity contribution in [2.75, 3.05) is 7.11 Å². The molecule has 1 rings (SSSR count). The largest absolute Gasteiger partial charge is 0.469 e. The molecule has 1 atom stereocenters. The summed E-state index contributed by atoms with van der Waals surface area (Å²) in [6.45, 7) is 1.85. The first-order valence-electron chi connectivity index (χ1n) is 4.42. The average Bonchev–Trinajstić information content (AvgIpc) is 2.26. The Labute approximate surface area is 92.4 Å². The van der Waals surface area contributed by atoms with E-state index in [2.05, 4.69) is 15.9 Å². The second-order valence-corrected chi connectivity index (χ2v) is 3.64. The van der Waals surface area contributed by atoms with Gasteiger partial charge in [0.15, 0.2) is 0 Å². The van der Waals surface area contributed by atoms with Gasteiger partial charge in [0.05, 0.1) is 13.0 Å². The number of rotatable bonds is 3. The molecule has 1 aromatic carbocycles. The highest BCUT2D eigenvalue weighted by molar-refractivity contribution is 9.08. The van der Waals surface area contributed by atoms with Gasteiger partial charge in [-0.25, -0.2) is 0 Å². The molecule has 3 heteroatoms. The molecular formula is C11H13BrO2. The Kier molecular flexibility index (Phi) is 4.14. The van der Waals surface area contributed by atoms with E-state index in [9.17, 15) is 4.79 Å². The van der Waals surface area contributed by atoms with E-state index >= 15 is 0 Å². The summed E-state index contributed by atoms with van der Waals surface area (Å²) in [5, 5.41) is 0.754. The molecule has 14 heavy (non-hydrogen) atoms. The Morgan fingerprint density at radius 3 is 2.71 bits per heavy atom. The molecule has 0 aliphatic rings. The lowest BCUT2D eigenvalue weighted by Crippen LogP contribution is -2.12. The Balaban J connectivity index is 2.99. The van der Waals surface area contributed by atoms with Gasteiger partial charge in [0.1, 0.15) is 0 Å². The SMILES string of the molecule is COC(=O)C(C)c1ccccc1CBr. The second kappa shape index (κ2) is 5.15. The standard InChI is InChI=1S/C11H13BrO2/c1-8(11(13)14-2)10-6-4-3-5-9(10)7-12/h3-6,8H,7H2,1-2H3. The third kappa shape index (κ3) is 2.35. The molecule has 0 N–H and O–H groups in total. The van der Waals surface area contributed by atoms with Gasteiger partial charge in [0, 0.05) is 5.33 Å². The zero-order valence-corrected chi connectivity index (χ0v) is 9.87. The van der Waals surface area contributed by atoms with Crippen molar-refractivity contribution in [1.29, 1.82) is 0 Å². The van der Waals surface area contributed by atoms with E-state index in [1.54, 1.807) is 0 Å². The first-order chi connectivity index (χ1) is 6.70. The summed E-state index contributed by atoms with van der Waals surface area (Å²) in [5.74, 6) is -0.396. The van der Waals surface area contributed by atoms with Crippen LogP contribution in [0.15, 0.2) is 24.3 Å². The van der Waals surface area contributed by atoms with Crippen molar-refractivity contribution in [2.24, 2.45) is 0 Å². The van der Waals surface area contributed by atoms with Crippen LogP contribution in [-0.2, 0) is 14.9 Å². The van der Waals surface area contributed by atoms with Crippen LogP contribution < -0.4 is 0 Å². The maximum Gasteiger partial charge on any atom is 0.312 e. The number of alkyl halides is 1. The molecule has 0 saturated carbocycles. The molecule has 0 spiro atoms. The Morgan fingerprint density at radius 1 is 1.50 bits per heavy atom. The van der Waals surface area contributed by atoms with Gasteiger partial charge < -0.3 is 4.74 Å². The summed E-state index contributed by atoms with van der Waals surface area (Å²) >= 11 is 3.40. The summed E-state index contributed by atoms with van der Waals surface area (Å²) in [6.07, 6.45) is 0. The number of esters is 1. The highest BCUT2D eigenvalue weighted by Gasteiger charge is 2.17. The van der Waals surface area contributed by atoms with Crippen molar-refractivity contribution in [3.63, 3.8) is 0 Å². The zero-order valence-electron chi connectivity index (χ0n) is 8.29. The molecule has 0 aromatic heterocycles. The van der Waals surface area contributed by atoms with Crippen molar-refractivity contribution < 1.29 is 9.53 Å². The van der Waals surface area contributed by atoms with Crippen molar-refractivity contribution in [1.82, 2.24) is 0 Å². The summed E-state index contributed by atoms with van der Waals surface area (Å²) in [7, 11) is 1.41. The van der Waals surface area contributed by atoms with Gasteiger partial charge in [-0.1, -0.05) is 40.2 Å². The number of hydrogen-bond acceptors (Lipinski definition) is 2. The van der Waals surface area contributed by atoms with E-state index in [0.29, 0.717) is 0 Å². The predicted molar refractivity (Wildman–Crippen MR) is 59.5 cm³/mol. The highest BCUT2D eigenvalue weighted by Crippen LogP contribution is 2.22. The molecule has 0 aliphatic carbocycles. The minimum Gasteiger partial charge on any atom is -0.469 e. The topological polar surface area (TPSA) is 26.3 Å². The van der Waals surface area contributed by atoms with Gasteiger partial charge in [0.2, 0.25) is 0 Å². The van der Waals surface area contributed by atoms with Crippen molar-refractivity contribution >= 4 is 21.9 Å². The normalized spacial score (nSPS) is 12.2. The minimum absolute atomic E-state index is 0.196. The van der Waals surface area contributed by atoms with Crippen LogP contribution in [0.4, 0.5) is 0 Å². The molecule has 0 radical (unpaired) electrons. The van der Waals surface area contributed by atoms with Crippen LogP contribution in [0, 0.1) is 0 Å². The van der Waals surface area contributed by atoms with Crippen LogP contribution in [0.1, 0.15) is 24.0 Å². The van der Waals surface area contributed by atoms with E-state index in [1.807, 2.05) is 31.2 Å². The Bertz CT molecular complexity index is 323. The molecule has 76 valence electrons. The maximum absolute atomic E-state index is 11.3. The molecule has 0 heterocycles. The predicted octanol–water partition coefficient (Wildman–Crippen LogP) is 2.86. The number of carbonyl (C=O) groups is 1. The van der Waals surface area contributed by atoms with Crippen LogP contribution in [0.3, 0.4) is 0 Å². The molecular weight excluding hydrogens is 244 g/mol. The monoisotopic (exact) mass is 256 g/mol. The first kappa shape index (κ1) is 11.2. The minimum atomic E-state index is -0.200. The van der Waals surface area contributed by atoms with Gasteiger partial charge >= 0.3 is 5.97 Å². The lowest BCUT2D eigenvalue weighted by Gasteiger charge is -2.12. The van der Waals surface area contributed by atoms with E-state index in [0.717, 1.165) is 16.5 Å². The summed E-state index contributed by atoms with van der Waals surface area (Å²) < 4.78 is 4.71. The van der Waals surface area contributed by atoms with E-state index in [4.69, 9.17) is 4.74 Å². The van der Waals surface area contributed by atoms with Gasteiger partial charge in [-0.2, -0.15) is 0 Å². The smallest absolute Gasteiger partial charge is 0.312 e. The lowest BCUT2D eigenvalue weighted by molar-refractivity contribution is -0.142. The van der Waals surface area contributed by atoms with Crippen LogP contribution in [0.25, 0.3) is 0 Å².